The molecule has 1 N–H and O–H groups in total. The van der Waals surface area contributed by atoms with Gasteiger partial charge in [0, 0.05) is 7.05 Å². The van der Waals surface area contributed by atoms with E-state index >= 15 is 0 Å². The summed E-state index contributed by atoms with van der Waals surface area (Å²) in [5, 5.41) is 9.90. The molecular weight excluding hydrogens is 409 g/mol. The maximum atomic E-state index is 13.1. The number of benzene rings is 2. The first-order valence-corrected chi connectivity index (χ1v) is 10.2. The predicted octanol–water partition coefficient (Wildman–Crippen LogP) is 6.04. The fourth-order valence-electron chi connectivity index (χ4n) is 3.13. The minimum absolute atomic E-state index is 0.0484. The van der Waals surface area contributed by atoms with Gasteiger partial charge in [-0.05, 0) is 49.1 Å². The third kappa shape index (κ3) is 5.31. The predicted molar refractivity (Wildman–Crippen MR) is 115 cm³/mol. The van der Waals surface area contributed by atoms with E-state index in [1.54, 1.807) is 22.8 Å². The summed E-state index contributed by atoms with van der Waals surface area (Å²) >= 11 is 0. The van der Waals surface area contributed by atoms with Crippen LogP contribution in [0.5, 0.6) is 17.5 Å². The van der Waals surface area contributed by atoms with Gasteiger partial charge in [-0.25, -0.2) is 0 Å². The molecule has 1 unspecified atom stereocenters. The van der Waals surface area contributed by atoms with Crippen molar-refractivity contribution in [2.75, 3.05) is 7.11 Å². The monoisotopic (exact) mass is 438 g/mol. The zero-order chi connectivity index (χ0) is 23.2. The van der Waals surface area contributed by atoms with Crippen molar-refractivity contribution in [3.63, 3.8) is 0 Å². The van der Waals surface area contributed by atoms with Gasteiger partial charge in [-0.3, -0.25) is 4.57 Å². The number of ether oxygens (including phenoxy) is 2. The summed E-state index contributed by atoms with van der Waals surface area (Å²) in [5.41, 5.74) is -0.409. The highest BCUT2D eigenvalue weighted by atomic mass is 19.4. The fourth-order valence-corrected chi connectivity index (χ4v) is 3.13. The Hall–Kier alpha value is -2.74. The first kappa shape index (κ1) is 24.5. The Balaban J connectivity index is 0.00000166. The molecule has 5 nitrogen and oxygen atoms in total. The lowest BCUT2D eigenvalue weighted by Gasteiger charge is -2.29. The quantitative estimate of drug-likeness (QED) is 0.489. The maximum Gasteiger partial charge on any atom is 0.417 e. The van der Waals surface area contributed by atoms with Crippen molar-refractivity contribution >= 4 is 11.0 Å². The zero-order valence-corrected chi connectivity index (χ0v) is 18.5. The van der Waals surface area contributed by atoms with Crippen LogP contribution in [0.2, 0.25) is 0 Å². The van der Waals surface area contributed by atoms with Crippen LogP contribution in [0, 0.1) is 0 Å². The van der Waals surface area contributed by atoms with E-state index in [0.29, 0.717) is 23.1 Å². The largest absolute Gasteiger partial charge is 0.493 e. The number of fused-ring (bicyclic) bond motifs is 1. The van der Waals surface area contributed by atoms with Gasteiger partial charge in [0.1, 0.15) is 0 Å². The van der Waals surface area contributed by atoms with E-state index in [1.165, 1.54) is 14.0 Å². The van der Waals surface area contributed by atoms with E-state index in [0.717, 1.165) is 11.0 Å². The zero-order valence-electron chi connectivity index (χ0n) is 18.5. The van der Waals surface area contributed by atoms with E-state index in [9.17, 15) is 18.3 Å². The molecule has 1 atom stereocenters. The van der Waals surface area contributed by atoms with Crippen LogP contribution in [0.1, 0.15) is 39.2 Å². The van der Waals surface area contributed by atoms with Gasteiger partial charge in [-0.2, -0.15) is 18.2 Å². The van der Waals surface area contributed by atoms with Gasteiger partial charge in [-0.1, -0.05) is 39.0 Å². The fraction of sp³-hybridized carbons (Fsp3) is 0.435. The molecule has 0 radical (unpaired) electrons. The molecule has 170 valence electrons. The summed E-state index contributed by atoms with van der Waals surface area (Å²) in [6, 6.07) is 12.9. The third-order valence-corrected chi connectivity index (χ3v) is 5.12. The van der Waals surface area contributed by atoms with E-state index in [2.05, 4.69) is 4.98 Å². The molecule has 0 saturated heterocycles. The number of halogens is 3. The van der Waals surface area contributed by atoms with Crippen LogP contribution in [-0.4, -0.2) is 33.5 Å². The Morgan fingerprint density at radius 1 is 1.06 bits per heavy atom. The lowest BCUT2D eigenvalue weighted by Crippen LogP contribution is -2.44. The first-order valence-electron chi connectivity index (χ1n) is 10.2. The smallest absolute Gasteiger partial charge is 0.417 e. The topological polar surface area (TPSA) is 56.5 Å². The number of para-hydroxylation sites is 2. The molecule has 0 aliphatic carbocycles. The molecule has 3 aromatic rings. The SMILES string of the molecule is CC.CCC(O)(CCc1ccc(Oc2nc3ccccc3n2C)c(OC)c1)C(F)(F)F. The van der Waals surface area contributed by atoms with Crippen molar-refractivity contribution in [1.82, 2.24) is 9.55 Å². The van der Waals surface area contributed by atoms with Gasteiger partial charge in [0.15, 0.2) is 17.1 Å². The molecule has 0 fully saturated rings. The summed E-state index contributed by atoms with van der Waals surface area (Å²) in [5.74, 6) is 0.776. The third-order valence-electron chi connectivity index (χ3n) is 5.12. The maximum absolute atomic E-state index is 13.1. The van der Waals surface area contributed by atoms with E-state index in [4.69, 9.17) is 9.47 Å². The number of aromatic nitrogens is 2. The molecule has 2 aromatic carbocycles. The van der Waals surface area contributed by atoms with Crippen LogP contribution in [0.4, 0.5) is 13.2 Å². The van der Waals surface area contributed by atoms with Gasteiger partial charge < -0.3 is 14.6 Å². The highest BCUT2D eigenvalue weighted by Gasteiger charge is 2.51. The van der Waals surface area contributed by atoms with Gasteiger partial charge in [0.2, 0.25) is 0 Å². The van der Waals surface area contributed by atoms with Crippen LogP contribution in [-0.2, 0) is 13.5 Å². The number of alkyl halides is 3. The Kier molecular flexibility index (Phi) is 7.95. The molecule has 0 saturated carbocycles. The van der Waals surface area contributed by atoms with Crippen molar-refractivity contribution < 1.29 is 27.8 Å². The van der Waals surface area contributed by atoms with E-state index in [-0.39, 0.29) is 6.42 Å². The van der Waals surface area contributed by atoms with Gasteiger partial charge in [0.05, 0.1) is 18.1 Å². The molecule has 3 rings (SSSR count). The van der Waals surface area contributed by atoms with Crippen molar-refractivity contribution in [3.8, 4) is 17.5 Å². The molecule has 0 aliphatic rings. The normalized spacial score (nSPS) is 13.3. The van der Waals surface area contributed by atoms with Crippen molar-refractivity contribution in [3.05, 3.63) is 48.0 Å². The molecule has 0 spiro atoms. The molecular formula is C23H29F3N2O3. The van der Waals surface area contributed by atoms with Crippen molar-refractivity contribution in [2.24, 2.45) is 7.05 Å². The highest BCUT2D eigenvalue weighted by molar-refractivity contribution is 5.76. The van der Waals surface area contributed by atoms with Crippen LogP contribution in [0.3, 0.4) is 0 Å². The molecule has 0 aliphatic heterocycles. The second kappa shape index (κ2) is 10.0. The molecule has 1 heterocycles. The molecule has 1 aromatic heterocycles. The Morgan fingerprint density at radius 2 is 1.74 bits per heavy atom. The molecule has 0 amide bonds. The average Bonchev–Trinajstić information content (AvgIpc) is 3.08. The van der Waals surface area contributed by atoms with E-state index < -0.39 is 24.6 Å². The standard InChI is InChI=1S/C21H23F3N2O3.C2H6/c1-4-20(27,21(22,23)24)12-11-14-9-10-17(18(13-14)28-3)29-19-25-15-7-5-6-8-16(15)26(19)2;1-2/h5-10,13,27H,4,11-12H2,1-3H3;1-2H3. The van der Waals surface area contributed by atoms with Crippen LogP contribution >= 0.6 is 0 Å². The van der Waals surface area contributed by atoms with Gasteiger partial charge in [0.25, 0.3) is 0 Å². The Bertz CT molecular complexity index is 1000. The average molecular weight is 438 g/mol. The number of aliphatic hydroxyl groups is 1. The Morgan fingerprint density at radius 3 is 2.32 bits per heavy atom. The molecule has 8 heteroatoms. The van der Waals surface area contributed by atoms with Gasteiger partial charge in [-0.15, -0.1) is 0 Å². The Labute approximate surface area is 180 Å². The number of rotatable bonds is 7. The number of methoxy groups -OCH3 is 1. The van der Waals surface area contributed by atoms with Crippen LogP contribution in [0.15, 0.2) is 42.5 Å². The molecule has 0 bridgehead atoms. The van der Waals surface area contributed by atoms with Crippen molar-refractivity contribution in [1.29, 1.82) is 0 Å². The van der Waals surface area contributed by atoms with Crippen LogP contribution in [0.25, 0.3) is 11.0 Å². The summed E-state index contributed by atoms with van der Waals surface area (Å²) < 4.78 is 52.3. The number of hydrogen-bond donors (Lipinski definition) is 1. The lowest BCUT2D eigenvalue weighted by molar-refractivity contribution is -0.263. The molecule has 31 heavy (non-hydrogen) atoms. The van der Waals surface area contributed by atoms with Gasteiger partial charge >= 0.3 is 12.2 Å². The number of aryl methyl sites for hydroxylation is 2. The second-order valence-electron chi connectivity index (χ2n) is 6.91. The summed E-state index contributed by atoms with van der Waals surface area (Å²) in [4.78, 5) is 4.44. The van der Waals surface area contributed by atoms with Crippen LogP contribution < -0.4 is 9.47 Å². The van der Waals surface area contributed by atoms with Crippen molar-refractivity contribution in [2.45, 2.75) is 51.8 Å². The first-order chi connectivity index (χ1) is 14.7. The second-order valence-corrected chi connectivity index (χ2v) is 6.91. The van der Waals surface area contributed by atoms with E-state index in [1.807, 2.05) is 45.2 Å². The lowest BCUT2D eigenvalue weighted by atomic mass is 9.91. The number of nitrogens with zero attached hydrogens (tertiary/aromatic N) is 2. The summed E-state index contributed by atoms with van der Waals surface area (Å²) in [6.07, 6.45) is -5.45. The summed E-state index contributed by atoms with van der Waals surface area (Å²) in [7, 11) is 3.28. The minimum atomic E-state index is -4.67. The minimum Gasteiger partial charge on any atom is -0.493 e. The number of imidazole rings is 1. The highest BCUT2D eigenvalue weighted by Crippen LogP contribution is 2.38. The summed E-state index contributed by atoms with van der Waals surface area (Å²) in [6.45, 7) is 5.32. The number of hydrogen-bond acceptors (Lipinski definition) is 4.